The van der Waals surface area contributed by atoms with Gasteiger partial charge in [-0.25, -0.2) is 0 Å². The van der Waals surface area contributed by atoms with Crippen LogP contribution < -0.4 is 9.47 Å². The maximum Gasteiger partial charge on any atom is 0.161 e. The lowest BCUT2D eigenvalue weighted by Gasteiger charge is -2.34. The Morgan fingerprint density at radius 1 is 0.800 bits per heavy atom. The summed E-state index contributed by atoms with van der Waals surface area (Å²) in [7, 11) is 3.34. The van der Waals surface area contributed by atoms with Crippen molar-refractivity contribution < 1.29 is 9.47 Å². The van der Waals surface area contributed by atoms with E-state index < -0.39 is 0 Å². The van der Waals surface area contributed by atoms with Gasteiger partial charge in [-0.3, -0.25) is 9.80 Å². The molecular formula is C20H25ClN2O2. The first-order chi connectivity index (χ1) is 12.2. The van der Waals surface area contributed by atoms with E-state index in [0.29, 0.717) is 0 Å². The molecule has 0 bridgehead atoms. The highest BCUT2D eigenvalue weighted by atomic mass is 35.5. The van der Waals surface area contributed by atoms with Gasteiger partial charge in [0.05, 0.1) is 14.2 Å². The van der Waals surface area contributed by atoms with Crippen LogP contribution in [0.4, 0.5) is 0 Å². The highest BCUT2D eigenvalue weighted by Crippen LogP contribution is 2.28. The number of ether oxygens (including phenoxy) is 2. The first kappa shape index (κ1) is 18.1. The topological polar surface area (TPSA) is 24.9 Å². The van der Waals surface area contributed by atoms with Gasteiger partial charge >= 0.3 is 0 Å². The van der Waals surface area contributed by atoms with E-state index >= 15 is 0 Å². The number of nitrogens with zero attached hydrogens (tertiary/aromatic N) is 2. The molecule has 0 aromatic heterocycles. The number of rotatable bonds is 6. The molecule has 5 heteroatoms. The largest absolute Gasteiger partial charge is 0.493 e. The van der Waals surface area contributed by atoms with Crippen molar-refractivity contribution in [1.29, 1.82) is 0 Å². The van der Waals surface area contributed by atoms with E-state index in [1.807, 2.05) is 18.2 Å². The molecule has 0 amide bonds. The van der Waals surface area contributed by atoms with E-state index in [-0.39, 0.29) is 0 Å². The molecule has 1 aliphatic rings. The van der Waals surface area contributed by atoms with Crippen LogP contribution in [-0.4, -0.2) is 50.2 Å². The van der Waals surface area contributed by atoms with Crippen LogP contribution in [0, 0.1) is 0 Å². The Labute approximate surface area is 154 Å². The zero-order valence-corrected chi connectivity index (χ0v) is 15.6. The van der Waals surface area contributed by atoms with Crippen molar-refractivity contribution in [1.82, 2.24) is 9.80 Å². The molecule has 0 unspecified atom stereocenters. The quantitative estimate of drug-likeness (QED) is 0.784. The van der Waals surface area contributed by atoms with Gasteiger partial charge in [-0.05, 0) is 35.4 Å². The number of methoxy groups -OCH3 is 2. The molecule has 134 valence electrons. The lowest BCUT2D eigenvalue weighted by molar-refractivity contribution is 0.122. The van der Waals surface area contributed by atoms with Crippen LogP contribution in [0.1, 0.15) is 11.1 Å². The molecule has 0 spiro atoms. The normalized spacial score (nSPS) is 16.0. The predicted molar refractivity (Wildman–Crippen MR) is 102 cm³/mol. The van der Waals surface area contributed by atoms with E-state index in [4.69, 9.17) is 21.1 Å². The molecule has 0 aliphatic carbocycles. The molecule has 3 rings (SSSR count). The molecule has 1 fully saturated rings. The summed E-state index contributed by atoms with van der Waals surface area (Å²) in [4.78, 5) is 4.96. The Morgan fingerprint density at radius 3 is 1.96 bits per heavy atom. The summed E-state index contributed by atoms with van der Waals surface area (Å²) in [5, 5.41) is 0.810. The van der Waals surface area contributed by atoms with Gasteiger partial charge in [-0.1, -0.05) is 29.8 Å². The minimum Gasteiger partial charge on any atom is -0.493 e. The smallest absolute Gasteiger partial charge is 0.161 e. The van der Waals surface area contributed by atoms with Crippen molar-refractivity contribution in [2.75, 3.05) is 40.4 Å². The number of halogens is 1. The minimum atomic E-state index is 0.776. The molecule has 0 atom stereocenters. The third-order valence-corrected chi connectivity index (χ3v) is 4.85. The maximum atomic E-state index is 6.08. The van der Waals surface area contributed by atoms with Crippen molar-refractivity contribution in [3.8, 4) is 11.5 Å². The van der Waals surface area contributed by atoms with Crippen LogP contribution in [0.15, 0.2) is 42.5 Å². The van der Waals surface area contributed by atoms with Crippen molar-refractivity contribution in [2.45, 2.75) is 13.1 Å². The number of hydrogen-bond donors (Lipinski definition) is 0. The third kappa shape index (κ3) is 4.88. The van der Waals surface area contributed by atoms with Gasteiger partial charge < -0.3 is 9.47 Å². The summed E-state index contributed by atoms with van der Waals surface area (Å²) in [6.45, 7) is 6.17. The van der Waals surface area contributed by atoms with E-state index in [1.54, 1.807) is 14.2 Å². The number of benzene rings is 2. The molecule has 0 saturated carbocycles. The highest BCUT2D eigenvalue weighted by molar-refractivity contribution is 6.30. The number of piperazine rings is 1. The Morgan fingerprint density at radius 2 is 1.40 bits per heavy atom. The number of hydrogen-bond acceptors (Lipinski definition) is 4. The van der Waals surface area contributed by atoms with Crippen molar-refractivity contribution in [2.24, 2.45) is 0 Å². The predicted octanol–water partition coefficient (Wildman–Crippen LogP) is 3.68. The summed E-state index contributed by atoms with van der Waals surface area (Å²) in [6, 6.07) is 14.3. The SMILES string of the molecule is COc1ccc(CN2CCN(Cc3cccc(Cl)c3)CC2)cc1OC. The van der Waals surface area contributed by atoms with Gasteiger partial charge in [0, 0.05) is 44.3 Å². The van der Waals surface area contributed by atoms with Gasteiger partial charge in [0.1, 0.15) is 0 Å². The Bertz CT molecular complexity index is 700. The van der Waals surface area contributed by atoms with Crippen molar-refractivity contribution in [3.63, 3.8) is 0 Å². The van der Waals surface area contributed by atoms with Crippen LogP contribution >= 0.6 is 11.6 Å². The second-order valence-electron chi connectivity index (χ2n) is 6.37. The summed E-state index contributed by atoms with van der Waals surface area (Å²) >= 11 is 6.08. The molecule has 0 radical (unpaired) electrons. The summed E-state index contributed by atoms with van der Waals surface area (Å²) in [5.74, 6) is 1.57. The molecule has 0 N–H and O–H groups in total. The fraction of sp³-hybridized carbons (Fsp3) is 0.400. The molecular weight excluding hydrogens is 336 g/mol. The average molecular weight is 361 g/mol. The van der Waals surface area contributed by atoms with Crippen LogP contribution in [0.2, 0.25) is 5.02 Å². The van der Waals surface area contributed by atoms with Gasteiger partial charge in [-0.2, -0.15) is 0 Å². The standard InChI is InChI=1S/C20H25ClN2O2/c1-24-19-7-6-17(13-20(19)25-2)15-23-10-8-22(9-11-23)14-16-4-3-5-18(21)12-16/h3-7,12-13H,8-11,14-15H2,1-2H3. The van der Waals surface area contributed by atoms with Gasteiger partial charge in [-0.15, -0.1) is 0 Å². The third-order valence-electron chi connectivity index (χ3n) is 4.61. The molecule has 1 heterocycles. The van der Waals surface area contributed by atoms with E-state index in [9.17, 15) is 0 Å². The van der Waals surface area contributed by atoms with Crippen LogP contribution in [-0.2, 0) is 13.1 Å². The van der Waals surface area contributed by atoms with E-state index in [2.05, 4.69) is 34.1 Å². The van der Waals surface area contributed by atoms with Crippen molar-refractivity contribution >= 4 is 11.6 Å². The highest BCUT2D eigenvalue weighted by Gasteiger charge is 2.17. The monoisotopic (exact) mass is 360 g/mol. The van der Waals surface area contributed by atoms with E-state index in [1.165, 1.54) is 11.1 Å². The summed E-state index contributed by atoms with van der Waals surface area (Å²) in [5.41, 5.74) is 2.53. The summed E-state index contributed by atoms with van der Waals surface area (Å²) < 4.78 is 10.7. The summed E-state index contributed by atoms with van der Waals surface area (Å²) in [6.07, 6.45) is 0. The zero-order valence-electron chi connectivity index (χ0n) is 14.9. The van der Waals surface area contributed by atoms with Gasteiger partial charge in [0.15, 0.2) is 11.5 Å². The molecule has 4 nitrogen and oxygen atoms in total. The average Bonchev–Trinajstić information content (AvgIpc) is 2.63. The molecule has 2 aromatic rings. The van der Waals surface area contributed by atoms with Crippen LogP contribution in [0.3, 0.4) is 0 Å². The Hall–Kier alpha value is -1.75. The molecule has 1 saturated heterocycles. The second-order valence-corrected chi connectivity index (χ2v) is 6.81. The first-order valence-corrected chi connectivity index (χ1v) is 8.96. The fourth-order valence-electron chi connectivity index (χ4n) is 3.24. The minimum absolute atomic E-state index is 0.776. The zero-order chi connectivity index (χ0) is 17.6. The maximum absolute atomic E-state index is 6.08. The van der Waals surface area contributed by atoms with Crippen LogP contribution in [0.5, 0.6) is 11.5 Å². The Balaban J connectivity index is 1.52. The van der Waals surface area contributed by atoms with Gasteiger partial charge in [0.25, 0.3) is 0 Å². The first-order valence-electron chi connectivity index (χ1n) is 8.58. The molecule has 2 aromatic carbocycles. The van der Waals surface area contributed by atoms with Crippen molar-refractivity contribution in [3.05, 3.63) is 58.6 Å². The lowest BCUT2D eigenvalue weighted by Crippen LogP contribution is -2.45. The Kier molecular flexibility index (Phi) is 6.19. The van der Waals surface area contributed by atoms with Gasteiger partial charge in [0.2, 0.25) is 0 Å². The fourth-order valence-corrected chi connectivity index (χ4v) is 3.45. The second kappa shape index (κ2) is 8.56. The molecule has 25 heavy (non-hydrogen) atoms. The lowest BCUT2D eigenvalue weighted by atomic mass is 10.1. The van der Waals surface area contributed by atoms with Crippen LogP contribution in [0.25, 0.3) is 0 Å². The van der Waals surface area contributed by atoms with E-state index in [0.717, 1.165) is 55.8 Å². The molecule has 1 aliphatic heterocycles.